The molecule has 1 aliphatic heterocycles. The minimum absolute atomic E-state index is 0. The number of hydrogen-bond acceptors (Lipinski definition) is 3. The lowest BCUT2D eigenvalue weighted by Gasteiger charge is -2.12. The molecule has 0 aliphatic carbocycles. The van der Waals surface area contributed by atoms with Crippen LogP contribution < -0.4 is 12.4 Å². The third kappa shape index (κ3) is 5.39. The van der Waals surface area contributed by atoms with Crippen LogP contribution in [0.4, 0.5) is 0 Å². The largest absolute Gasteiger partial charge is 1.00 e. The van der Waals surface area contributed by atoms with Gasteiger partial charge in [0.05, 0.1) is 5.71 Å². The Morgan fingerprint density at radius 3 is 2.58 bits per heavy atom. The van der Waals surface area contributed by atoms with Crippen LogP contribution in [0.25, 0.3) is 0 Å². The zero-order chi connectivity index (χ0) is 12.8. The van der Waals surface area contributed by atoms with Gasteiger partial charge in [0.25, 0.3) is 0 Å². The van der Waals surface area contributed by atoms with Gasteiger partial charge in [-0.3, -0.25) is 4.90 Å². The highest BCUT2D eigenvalue weighted by Gasteiger charge is 2.10. The van der Waals surface area contributed by atoms with Crippen molar-refractivity contribution < 1.29 is 18.7 Å². The van der Waals surface area contributed by atoms with E-state index in [0.717, 1.165) is 22.8 Å². The summed E-state index contributed by atoms with van der Waals surface area (Å²) in [6.07, 6.45) is 2.63. The highest BCUT2D eigenvalue weighted by atomic mass is 35.5. The predicted molar refractivity (Wildman–Crippen MR) is 76.4 cm³/mol. The van der Waals surface area contributed by atoms with Crippen molar-refractivity contribution in [3.63, 3.8) is 0 Å². The molecule has 0 aromatic heterocycles. The lowest BCUT2D eigenvalue weighted by molar-refractivity contribution is -0.00000410. The van der Waals surface area contributed by atoms with Crippen molar-refractivity contribution in [3.05, 3.63) is 34.9 Å². The zero-order valence-corrected chi connectivity index (χ0v) is 12.6. The van der Waals surface area contributed by atoms with Crippen molar-refractivity contribution in [2.75, 3.05) is 26.2 Å². The van der Waals surface area contributed by atoms with Gasteiger partial charge in [0.15, 0.2) is 0 Å². The van der Waals surface area contributed by atoms with Crippen LogP contribution in [0.2, 0.25) is 5.02 Å². The number of hydrogen-bond donors (Lipinski definition) is 0. The summed E-state index contributed by atoms with van der Waals surface area (Å²) in [6, 6.07) is 7.62. The van der Waals surface area contributed by atoms with Crippen LogP contribution in [-0.4, -0.2) is 36.9 Å². The average molecular weight is 303 g/mol. The molecule has 1 aromatic carbocycles. The van der Waals surface area contributed by atoms with E-state index >= 15 is 0 Å². The van der Waals surface area contributed by atoms with Crippen LogP contribution in [0.5, 0.6) is 0 Å². The van der Waals surface area contributed by atoms with E-state index in [1.54, 1.807) is 0 Å². The minimum atomic E-state index is 0. The second-order valence-corrected chi connectivity index (χ2v) is 5.00. The summed E-state index contributed by atoms with van der Waals surface area (Å²) in [6.45, 7) is 5.97. The van der Waals surface area contributed by atoms with Gasteiger partial charge in [-0.05, 0) is 50.6 Å². The van der Waals surface area contributed by atoms with Gasteiger partial charge in [0, 0.05) is 11.6 Å². The summed E-state index contributed by atoms with van der Waals surface area (Å²) in [7, 11) is 0. The maximum absolute atomic E-state index is 5.84. The van der Waals surface area contributed by atoms with Crippen LogP contribution in [0.3, 0.4) is 0 Å². The van der Waals surface area contributed by atoms with Crippen molar-refractivity contribution in [2.45, 2.75) is 19.8 Å². The van der Waals surface area contributed by atoms with E-state index in [-0.39, 0.29) is 13.8 Å². The Labute approximate surface area is 127 Å². The van der Waals surface area contributed by atoms with Gasteiger partial charge >= 0.3 is 1.43 Å². The van der Waals surface area contributed by atoms with Gasteiger partial charge in [-0.1, -0.05) is 28.9 Å². The fraction of sp³-hybridized carbons (Fsp3) is 0.500. The molecule has 0 unspecified atom stereocenters. The molecule has 0 saturated carbocycles. The van der Waals surface area contributed by atoms with Gasteiger partial charge in [-0.15, -0.1) is 0 Å². The fourth-order valence-electron chi connectivity index (χ4n) is 2.06. The molecule has 0 spiro atoms. The Balaban J connectivity index is 0.00000180. The molecular formula is C14H20Cl2N2O. The van der Waals surface area contributed by atoms with Crippen molar-refractivity contribution in [1.82, 2.24) is 4.90 Å². The normalized spacial score (nSPS) is 16.2. The molecule has 19 heavy (non-hydrogen) atoms. The van der Waals surface area contributed by atoms with Gasteiger partial charge < -0.3 is 17.2 Å². The molecule has 1 saturated heterocycles. The standard InChI is InChI=1S/C14H19ClN2O.ClH/c1-12(13-4-6-14(15)7-5-13)16-18-11-10-17-8-2-3-9-17;/h4-7H,2-3,8-11H2,1H3;1H/b16-12+;. The Morgan fingerprint density at radius 1 is 1.32 bits per heavy atom. The quantitative estimate of drug-likeness (QED) is 0.444. The molecule has 0 N–H and O–H groups in total. The van der Waals surface area contributed by atoms with E-state index in [2.05, 4.69) is 10.1 Å². The van der Waals surface area contributed by atoms with Crippen LogP contribution in [0, 0.1) is 0 Å². The summed E-state index contributed by atoms with van der Waals surface area (Å²) < 4.78 is 0. The molecule has 3 nitrogen and oxygen atoms in total. The highest BCUT2D eigenvalue weighted by molar-refractivity contribution is 6.30. The van der Waals surface area contributed by atoms with E-state index in [1.807, 2.05) is 31.2 Å². The van der Waals surface area contributed by atoms with Crippen molar-refractivity contribution in [2.24, 2.45) is 5.16 Å². The lowest BCUT2D eigenvalue weighted by atomic mass is 10.1. The summed E-state index contributed by atoms with van der Waals surface area (Å²) in [5, 5.41) is 4.87. The molecular weight excluding hydrogens is 283 g/mol. The molecule has 0 amide bonds. The predicted octanol–water partition coefficient (Wildman–Crippen LogP) is 0.293. The first kappa shape index (κ1) is 16.3. The maximum Gasteiger partial charge on any atom is 1.00 e. The second-order valence-electron chi connectivity index (χ2n) is 4.57. The lowest BCUT2D eigenvalue weighted by Crippen LogP contribution is -3.00. The SMILES string of the molecule is C/C(=N\OCCN1CCCC1)c1ccc(Cl)cc1.[Cl-].[H+]. The van der Waals surface area contributed by atoms with E-state index < -0.39 is 0 Å². The molecule has 1 fully saturated rings. The average Bonchev–Trinajstić information content (AvgIpc) is 2.88. The molecule has 0 atom stereocenters. The monoisotopic (exact) mass is 302 g/mol. The van der Waals surface area contributed by atoms with Gasteiger partial charge in [-0.25, -0.2) is 0 Å². The fourth-order valence-corrected chi connectivity index (χ4v) is 2.19. The maximum atomic E-state index is 5.84. The Kier molecular flexibility index (Phi) is 7.21. The second kappa shape index (κ2) is 8.41. The molecule has 1 heterocycles. The first-order valence-corrected chi connectivity index (χ1v) is 6.78. The molecule has 2 rings (SSSR count). The van der Waals surface area contributed by atoms with Gasteiger partial charge in [0.2, 0.25) is 0 Å². The van der Waals surface area contributed by atoms with E-state index in [0.29, 0.717) is 6.61 Å². The number of nitrogens with zero attached hydrogens (tertiary/aromatic N) is 2. The number of rotatable bonds is 5. The molecule has 106 valence electrons. The highest BCUT2D eigenvalue weighted by Crippen LogP contribution is 2.10. The van der Waals surface area contributed by atoms with E-state index in [9.17, 15) is 0 Å². The Bertz CT molecular complexity index is 406. The zero-order valence-electron chi connectivity index (χ0n) is 12.1. The number of halogens is 2. The molecule has 1 aliphatic rings. The van der Waals surface area contributed by atoms with Gasteiger partial charge in [-0.2, -0.15) is 0 Å². The summed E-state index contributed by atoms with van der Waals surface area (Å²) in [5.41, 5.74) is 1.92. The smallest absolute Gasteiger partial charge is 1.00 e. The number of oxime groups is 1. The first-order chi connectivity index (χ1) is 8.75. The topological polar surface area (TPSA) is 24.8 Å². The van der Waals surface area contributed by atoms with Crippen LogP contribution in [-0.2, 0) is 4.84 Å². The van der Waals surface area contributed by atoms with Crippen LogP contribution in [0.1, 0.15) is 26.8 Å². The number of benzene rings is 1. The van der Waals surface area contributed by atoms with Crippen molar-refractivity contribution in [1.29, 1.82) is 0 Å². The van der Waals surface area contributed by atoms with E-state index in [1.165, 1.54) is 25.9 Å². The summed E-state index contributed by atoms with van der Waals surface area (Å²) in [5.74, 6) is 0. The Morgan fingerprint density at radius 2 is 1.95 bits per heavy atom. The third-order valence-corrected chi connectivity index (χ3v) is 3.41. The first-order valence-electron chi connectivity index (χ1n) is 6.40. The van der Waals surface area contributed by atoms with E-state index in [4.69, 9.17) is 16.4 Å². The number of likely N-dealkylation sites (tertiary alicyclic amines) is 1. The molecule has 1 aromatic rings. The minimum Gasteiger partial charge on any atom is -1.00 e. The third-order valence-electron chi connectivity index (χ3n) is 3.16. The Hall–Kier alpha value is -0.770. The molecule has 0 bridgehead atoms. The van der Waals surface area contributed by atoms with Crippen LogP contribution in [0.15, 0.2) is 29.4 Å². The molecule has 5 heteroatoms. The van der Waals surface area contributed by atoms with Crippen molar-refractivity contribution in [3.8, 4) is 0 Å². The van der Waals surface area contributed by atoms with Crippen LogP contribution >= 0.6 is 11.6 Å². The molecule has 0 radical (unpaired) electrons. The summed E-state index contributed by atoms with van der Waals surface area (Å²) in [4.78, 5) is 7.77. The van der Waals surface area contributed by atoms with Crippen molar-refractivity contribution >= 4 is 17.3 Å². The summed E-state index contributed by atoms with van der Waals surface area (Å²) >= 11 is 5.84. The van der Waals surface area contributed by atoms with Gasteiger partial charge in [0.1, 0.15) is 6.61 Å².